The van der Waals surface area contributed by atoms with Crippen LogP contribution in [0, 0.1) is 0 Å². The van der Waals surface area contributed by atoms with E-state index in [1.165, 1.54) is 19.2 Å². The lowest BCUT2D eigenvalue weighted by atomic mass is 10.1. The van der Waals surface area contributed by atoms with E-state index in [1.54, 1.807) is 42.5 Å². The van der Waals surface area contributed by atoms with Crippen molar-refractivity contribution in [3.05, 3.63) is 46.9 Å². The number of fused-ring (bicyclic) bond motifs is 1. The van der Waals surface area contributed by atoms with Crippen molar-refractivity contribution in [3.63, 3.8) is 0 Å². The number of rotatable bonds is 6. The molecule has 4 rings (SSSR count). The van der Waals surface area contributed by atoms with E-state index in [-0.39, 0.29) is 6.54 Å². The van der Waals surface area contributed by atoms with Crippen LogP contribution in [0.1, 0.15) is 0 Å². The van der Waals surface area contributed by atoms with Crippen molar-refractivity contribution in [2.75, 3.05) is 31.0 Å². The van der Waals surface area contributed by atoms with Gasteiger partial charge in [-0.25, -0.2) is 4.90 Å². The normalized spacial score (nSPS) is 19.6. The van der Waals surface area contributed by atoms with Crippen LogP contribution >= 0.6 is 15.9 Å². The van der Waals surface area contributed by atoms with E-state index >= 15 is 0 Å². The average molecular weight is 488 g/mol. The number of ether oxygens (including phenoxy) is 2. The third kappa shape index (κ3) is 3.83. The Morgan fingerprint density at radius 1 is 1.06 bits per heavy atom. The number of benzene rings is 2. The Labute approximate surface area is 185 Å². The van der Waals surface area contributed by atoms with Crippen LogP contribution in [0.25, 0.3) is 0 Å². The lowest BCUT2D eigenvalue weighted by Gasteiger charge is -2.20. The fourth-order valence-corrected chi connectivity index (χ4v) is 3.72. The second-order valence-electron chi connectivity index (χ2n) is 6.80. The average Bonchev–Trinajstić information content (AvgIpc) is 3.28. The molecular formula is C20H18BrN5O5. The number of carbonyl (C=O) groups excluding carboxylic acids is 3. The van der Waals surface area contributed by atoms with Gasteiger partial charge in [0.05, 0.1) is 19.9 Å². The Balaban J connectivity index is 1.46. The highest BCUT2D eigenvalue weighted by Crippen LogP contribution is 2.33. The van der Waals surface area contributed by atoms with Gasteiger partial charge >= 0.3 is 0 Å². The summed E-state index contributed by atoms with van der Waals surface area (Å²) in [6, 6.07) is 9.81. The van der Waals surface area contributed by atoms with Crippen molar-refractivity contribution in [2.24, 2.45) is 10.3 Å². The van der Waals surface area contributed by atoms with E-state index in [2.05, 4.69) is 31.6 Å². The number of nitrogens with one attached hydrogen (secondary N) is 1. The molecule has 0 unspecified atom stereocenters. The van der Waals surface area contributed by atoms with Gasteiger partial charge in [-0.2, -0.15) is 5.11 Å². The molecule has 31 heavy (non-hydrogen) atoms. The molecular weight excluding hydrogens is 470 g/mol. The molecule has 0 saturated carbocycles. The minimum Gasteiger partial charge on any atom is -0.493 e. The Kier molecular flexibility index (Phi) is 5.59. The van der Waals surface area contributed by atoms with Gasteiger partial charge < -0.3 is 14.8 Å². The second-order valence-corrected chi connectivity index (χ2v) is 7.71. The highest BCUT2D eigenvalue weighted by molar-refractivity contribution is 9.10. The minimum atomic E-state index is -0.968. The van der Waals surface area contributed by atoms with Crippen LogP contribution < -0.4 is 19.7 Å². The molecule has 2 heterocycles. The Morgan fingerprint density at radius 2 is 1.77 bits per heavy atom. The molecule has 160 valence electrons. The largest absolute Gasteiger partial charge is 0.493 e. The van der Waals surface area contributed by atoms with Crippen LogP contribution in [-0.4, -0.2) is 55.6 Å². The number of hydrogen-bond acceptors (Lipinski definition) is 8. The van der Waals surface area contributed by atoms with Crippen molar-refractivity contribution in [3.8, 4) is 11.5 Å². The molecule has 10 nitrogen and oxygen atoms in total. The third-order valence-electron chi connectivity index (χ3n) is 4.92. The molecule has 0 radical (unpaired) electrons. The topological polar surface area (TPSA) is 113 Å². The standard InChI is InChI=1S/C20H18BrN5O5/c1-30-14-8-5-12(9-15(14)31-2)22-16(27)10-25-18-17(23-24-25)19(28)26(20(18)29)13-6-3-11(21)4-7-13/h3-9,17-18H,10H2,1-2H3,(H,22,27)/t17-,18+/m1/s1. The van der Waals surface area contributed by atoms with Gasteiger partial charge in [-0.05, 0) is 36.4 Å². The smallest absolute Gasteiger partial charge is 0.263 e. The molecule has 2 aromatic rings. The number of anilines is 2. The lowest BCUT2D eigenvalue weighted by molar-refractivity contribution is -0.123. The van der Waals surface area contributed by atoms with Gasteiger partial charge in [-0.15, -0.1) is 0 Å². The molecule has 2 atom stereocenters. The fraction of sp³-hybridized carbons (Fsp3) is 0.250. The maximum absolute atomic E-state index is 13.0. The first-order valence-corrected chi connectivity index (χ1v) is 10.0. The molecule has 2 aliphatic heterocycles. The SMILES string of the molecule is COc1ccc(NC(=O)CN2N=N[C@H]3C(=O)N(c4ccc(Br)cc4)C(=O)[C@H]32)cc1OC. The molecule has 0 aromatic heterocycles. The lowest BCUT2D eigenvalue weighted by Crippen LogP contribution is -2.43. The summed E-state index contributed by atoms with van der Waals surface area (Å²) in [4.78, 5) is 39.3. The van der Waals surface area contributed by atoms with E-state index < -0.39 is 29.8 Å². The molecule has 11 heteroatoms. The number of methoxy groups -OCH3 is 2. The zero-order valence-electron chi connectivity index (χ0n) is 16.6. The molecule has 2 aliphatic rings. The monoisotopic (exact) mass is 487 g/mol. The summed E-state index contributed by atoms with van der Waals surface area (Å²) in [7, 11) is 3.01. The quantitative estimate of drug-likeness (QED) is 0.625. The maximum atomic E-state index is 13.0. The number of carbonyl (C=O) groups is 3. The highest BCUT2D eigenvalue weighted by Gasteiger charge is 2.55. The van der Waals surface area contributed by atoms with Crippen molar-refractivity contribution in [2.45, 2.75) is 12.1 Å². The van der Waals surface area contributed by atoms with Crippen LogP contribution in [0.3, 0.4) is 0 Å². The van der Waals surface area contributed by atoms with Gasteiger partial charge in [0.15, 0.2) is 23.6 Å². The predicted molar refractivity (Wildman–Crippen MR) is 114 cm³/mol. The molecule has 0 bridgehead atoms. The van der Waals surface area contributed by atoms with Gasteiger partial charge in [0.2, 0.25) is 5.91 Å². The van der Waals surface area contributed by atoms with Crippen LogP contribution in [0.2, 0.25) is 0 Å². The van der Waals surface area contributed by atoms with Gasteiger partial charge in [0.25, 0.3) is 11.8 Å². The van der Waals surface area contributed by atoms with Crippen molar-refractivity contribution in [1.29, 1.82) is 0 Å². The zero-order valence-corrected chi connectivity index (χ0v) is 18.2. The van der Waals surface area contributed by atoms with Gasteiger partial charge in [-0.3, -0.25) is 19.4 Å². The van der Waals surface area contributed by atoms with Crippen molar-refractivity contribution >= 4 is 45.0 Å². The summed E-state index contributed by atoms with van der Waals surface area (Å²) in [6.45, 7) is -0.244. The number of amides is 3. The van der Waals surface area contributed by atoms with Crippen molar-refractivity contribution < 1.29 is 23.9 Å². The van der Waals surface area contributed by atoms with E-state index in [1.807, 2.05) is 0 Å². The molecule has 3 amide bonds. The predicted octanol–water partition coefficient (Wildman–Crippen LogP) is 2.40. The van der Waals surface area contributed by atoms with E-state index in [0.717, 1.165) is 9.37 Å². The number of hydrogen-bond donors (Lipinski definition) is 1. The second kappa shape index (κ2) is 8.34. The summed E-state index contributed by atoms with van der Waals surface area (Å²) in [5.74, 6) is -0.373. The molecule has 1 fully saturated rings. The van der Waals surface area contributed by atoms with Crippen LogP contribution in [0.4, 0.5) is 11.4 Å². The highest BCUT2D eigenvalue weighted by atomic mass is 79.9. The van der Waals surface area contributed by atoms with Gasteiger partial charge in [0, 0.05) is 16.2 Å². The van der Waals surface area contributed by atoms with Crippen LogP contribution in [-0.2, 0) is 14.4 Å². The molecule has 1 saturated heterocycles. The number of nitrogens with zero attached hydrogens (tertiary/aromatic N) is 4. The summed E-state index contributed by atoms with van der Waals surface area (Å²) in [5, 5.41) is 11.8. The Hall–Kier alpha value is -3.47. The fourth-order valence-electron chi connectivity index (χ4n) is 3.46. The van der Waals surface area contributed by atoms with Crippen LogP contribution in [0.15, 0.2) is 57.3 Å². The molecule has 0 aliphatic carbocycles. The first kappa shape index (κ1) is 20.8. The first-order valence-electron chi connectivity index (χ1n) is 9.25. The molecule has 1 N–H and O–H groups in total. The summed E-state index contributed by atoms with van der Waals surface area (Å²) in [6.07, 6.45) is 0. The maximum Gasteiger partial charge on any atom is 0.263 e. The van der Waals surface area contributed by atoms with E-state index in [9.17, 15) is 14.4 Å². The first-order chi connectivity index (χ1) is 14.9. The minimum absolute atomic E-state index is 0.244. The van der Waals surface area contributed by atoms with E-state index in [0.29, 0.717) is 22.9 Å². The van der Waals surface area contributed by atoms with Crippen molar-refractivity contribution in [1.82, 2.24) is 5.01 Å². The Bertz CT molecular complexity index is 1070. The summed E-state index contributed by atoms with van der Waals surface area (Å²) >= 11 is 3.32. The van der Waals surface area contributed by atoms with Gasteiger partial charge in [0.1, 0.15) is 6.54 Å². The molecule has 2 aromatic carbocycles. The summed E-state index contributed by atoms with van der Waals surface area (Å²) < 4.78 is 11.2. The molecule has 0 spiro atoms. The van der Waals surface area contributed by atoms with E-state index in [4.69, 9.17) is 9.47 Å². The Morgan fingerprint density at radius 3 is 2.45 bits per heavy atom. The number of halogens is 1. The third-order valence-corrected chi connectivity index (χ3v) is 5.44. The van der Waals surface area contributed by atoms with Gasteiger partial charge in [-0.1, -0.05) is 21.2 Å². The zero-order chi connectivity index (χ0) is 22.1. The summed E-state index contributed by atoms with van der Waals surface area (Å²) in [5.41, 5.74) is 0.929. The number of imide groups is 1. The van der Waals surface area contributed by atoms with Crippen LogP contribution in [0.5, 0.6) is 11.5 Å².